The zero-order valence-electron chi connectivity index (χ0n) is 9.07. The lowest BCUT2D eigenvalue weighted by atomic mass is 10.1. The van der Waals surface area contributed by atoms with E-state index in [0.29, 0.717) is 4.47 Å². The van der Waals surface area contributed by atoms with Crippen LogP contribution in [-0.4, -0.2) is 8.07 Å². The number of hydrogen-bond acceptors (Lipinski definition) is 0. The topological polar surface area (TPSA) is 0 Å². The van der Waals surface area contributed by atoms with Crippen LogP contribution in [0.4, 0.5) is 8.78 Å². The lowest BCUT2D eigenvalue weighted by Crippen LogP contribution is -2.30. The highest BCUT2D eigenvalue weighted by atomic mass is 79.9. The molecule has 0 saturated carbocycles. The highest BCUT2D eigenvalue weighted by Crippen LogP contribution is 2.31. The van der Waals surface area contributed by atoms with Gasteiger partial charge in [-0.15, -0.1) is 0 Å². The van der Waals surface area contributed by atoms with Gasteiger partial charge in [0.05, 0.1) is 8.07 Å². The maximum absolute atomic E-state index is 13.6. The van der Waals surface area contributed by atoms with Gasteiger partial charge >= 0.3 is 0 Å². The van der Waals surface area contributed by atoms with E-state index in [2.05, 4.69) is 22.9 Å². The summed E-state index contributed by atoms with van der Waals surface area (Å²) in [5.74, 6) is -1.02. The van der Waals surface area contributed by atoms with Crippen LogP contribution in [0.3, 0.4) is 0 Å². The van der Waals surface area contributed by atoms with Gasteiger partial charge in [0.15, 0.2) is 0 Å². The van der Waals surface area contributed by atoms with Crippen molar-refractivity contribution in [3.63, 3.8) is 0 Å². The number of hydrogen-bond donors (Lipinski definition) is 0. The normalized spacial score (nSPS) is 14.1. The maximum atomic E-state index is 13.6. The van der Waals surface area contributed by atoms with Gasteiger partial charge in [0.1, 0.15) is 11.6 Å². The molecule has 0 heterocycles. The summed E-state index contributed by atoms with van der Waals surface area (Å²) in [7, 11) is -1.69. The van der Waals surface area contributed by atoms with Gasteiger partial charge in [0, 0.05) is 10.0 Å². The summed E-state index contributed by atoms with van der Waals surface area (Å²) in [6.45, 7) is 10.0. The van der Waals surface area contributed by atoms with Gasteiger partial charge in [-0.3, -0.25) is 0 Å². The molecule has 1 aromatic carbocycles. The van der Waals surface area contributed by atoms with Gasteiger partial charge in [-0.2, -0.15) is 0 Å². The predicted octanol–water partition coefficient (Wildman–Crippen LogP) is 4.52. The quantitative estimate of drug-likeness (QED) is 0.703. The Hall–Kier alpha value is -0.223. The molecule has 0 bridgehead atoms. The van der Waals surface area contributed by atoms with Crippen molar-refractivity contribution in [3.8, 4) is 0 Å². The molecule has 0 amide bonds. The Labute approximate surface area is 98.8 Å². The number of halogens is 3. The van der Waals surface area contributed by atoms with E-state index < -0.39 is 19.7 Å². The van der Waals surface area contributed by atoms with E-state index in [1.807, 2.05) is 19.6 Å². The van der Waals surface area contributed by atoms with Crippen LogP contribution in [0.2, 0.25) is 19.6 Å². The first-order valence-corrected chi connectivity index (χ1v) is 9.08. The second kappa shape index (κ2) is 4.34. The molecule has 1 unspecified atom stereocenters. The van der Waals surface area contributed by atoms with Gasteiger partial charge in [-0.1, -0.05) is 35.6 Å². The Morgan fingerprint density at radius 3 is 1.93 bits per heavy atom. The standard InChI is InChI=1S/C11H14BrF2Si/c1-7(15(2,3)4)11-9(13)5-8(12)6-10(11)14/h5-7H,1H2,2-4H3. The predicted molar refractivity (Wildman–Crippen MR) is 65.5 cm³/mol. The average Bonchev–Trinajstić information content (AvgIpc) is 1.99. The van der Waals surface area contributed by atoms with Crippen molar-refractivity contribution in [2.24, 2.45) is 0 Å². The third kappa shape index (κ3) is 2.88. The summed E-state index contributed by atoms with van der Waals surface area (Å²) >= 11 is 3.06. The van der Waals surface area contributed by atoms with Crippen LogP contribution in [0, 0.1) is 18.6 Å². The molecular weight excluding hydrogens is 278 g/mol. The van der Waals surface area contributed by atoms with Gasteiger partial charge in [-0.05, 0) is 24.6 Å². The van der Waals surface area contributed by atoms with Crippen molar-refractivity contribution in [2.45, 2.75) is 25.2 Å². The molecule has 0 aliphatic carbocycles. The first-order chi connectivity index (χ1) is 6.73. The summed E-state index contributed by atoms with van der Waals surface area (Å²) in [6.07, 6.45) is 0. The molecule has 0 fully saturated rings. The van der Waals surface area contributed by atoms with Crippen molar-refractivity contribution in [1.82, 2.24) is 0 Å². The van der Waals surface area contributed by atoms with E-state index in [-0.39, 0.29) is 11.1 Å². The zero-order chi connectivity index (χ0) is 11.8. The van der Waals surface area contributed by atoms with Gasteiger partial charge in [-0.25, -0.2) is 8.78 Å². The molecule has 0 spiro atoms. The summed E-state index contributed by atoms with van der Waals surface area (Å²) in [5.41, 5.74) is -0.150. The van der Waals surface area contributed by atoms with Crippen molar-refractivity contribution < 1.29 is 8.78 Å². The van der Waals surface area contributed by atoms with E-state index >= 15 is 0 Å². The van der Waals surface area contributed by atoms with Crippen molar-refractivity contribution in [2.75, 3.05) is 0 Å². The zero-order valence-corrected chi connectivity index (χ0v) is 11.7. The first kappa shape index (κ1) is 12.8. The second-order valence-electron chi connectivity index (χ2n) is 4.70. The van der Waals surface area contributed by atoms with Crippen molar-refractivity contribution in [1.29, 1.82) is 0 Å². The minimum atomic E-state index is -1.69. The second-order valence-corrected chi connectivity index (χ2v) is 11.0. The molecule has 0 N–H and O–H groups in total. The fourth-order valence-corrected chi connectivity index (χ4v) is 2.86. The van der Waals surface area contributed by atoms with Crippen LogP contribution < -0.4 is 0 Å². The minimum absolute atomic E-state index is 0.123. The number of benzene rings is 1. The van der Waals surface area contributed by atoms with Crippen LogP contribution in [0.1, 0.15) is 11.1 Å². The fourth-order valence-electron chi connectivity index (χ4n) is 1.32. The highest BCUT2D eigenvalue weighted by Gasteiger charge is 2.29. The van der Waals surface area contributed by atoms with Crippen LogP contribution in [0.15, 0.2) is 16.6 Å². The van der Waals surface area contributed by atoms with Crippen molar-refractivity contribution >= 4 is 24.0 Å². The largest absolute Gasteiger partial charge is 0.207 e. The summed E-state index contributed by atoms with van der Waals surface area (Å²) < 4.78 is 27.6. The van der Waals surface area contributed by atoms with Gasteiger partial charge in [0.25, 0.3) is 0 Å². The average molecular weight is 292 g/mol. The first-order valence-electron chi connectivity index (χ1n) is 4.71. The summed E-state index contributed by atoms with van der Waals surface area (Å²) in [4.78, 5) is 0. The van der Waals surface area contributed by atoms with Crippen molar-refractivity contribution in [3.05, 3.63) is 40.7 Å². The smallest absolute Gasteiger partial charge is 0.130 e. The molecule has 4 heteroatoms. The third-order valence-corrected chi connectivity index (χ3v) is 5.27. The Balaban J connectivity index is 3.26. The SMILES string of the molecule is [CH2]C(c1c(F)cc(Br)cc1F)[Si](C)(C)C. The third-order valence-electron chi connectivity index (χ3n) is 2.44. The Kier molecular flexibility index (Phi) is 3.71. The lowest BCUT2D eigenvalue weighted by Gasteiger charge is -2.26. The molecule has 1 rings (SSSR count). The van der Waals surface area contributed by atoms with Crippen LogP contribution in [-0.2, 0) is 0 Å². The fraction of sp³-hybridized carbons (Fsp3) is 0.364. The molecule has 1 atom stereocenters. The molecule has 0 nitrogen and oxygen atoms in total. The van der Waals surface area contributed by atoms with Gasteiger partial charge in [0.2, 0.25) is 0 Å². The minimum Gasteiger partial charge on any atom is -0.207 e. The molecule has 15 heavy (non-hydrogen) atoms. The van der Waals surface area contributed by atoms with Crippen LogP contribution >= 0.6 is 15.9 Å². The maximum Gasteiger partial charge on any atom is 0.130 e. The number of rotatable bonds is 2. The summed E-state index contributed by atoms with van der Waals surface area (Å²) in [5, 5.41) is 0. The van der Waals surface area contributed by atoms with E-state index in [1.54, 1.807) is 0 Å². The molecule has 0 aromatic heterocycles. The molecule has 83 valence electrons. The molecule has 0 aliphatic heterocycles. The summed E-state index contributed by atoms with van der Waals surface area (Å²) in [6, 6.07) is 2.58. The molecule has 1 radical (unpaired) electrons. The van der Waals surface area contributed by atoms with E-state index in [1.165, 1.54) is 12.1 Å². The van der Waals surface area contributed by atoms with Crippen LogP contribution in [0.25, 0.3) is 0 Å². The molecule has 0 saturated heterocycles. The Morgan fingerprint density at radius 1 is 1.20 bits per heavy atom. The van der Waals surface area contributed by atoms with E-state index in [9.17, 15) is 8.78 Å². The molecule has 0 aliphatic rings. The lowest BCUT2D eigenvalue weighted by molar-refractivity contribution is 0.557. The Bertz CT molecular complexity index is 348. The molecule has 1 aromatic rings. The van der Waals surface area contributed by atoms with E-state index in [0.717, 1.165) is 0 Å². The van der Waals surface area contributed by atoms with E-state index in [4.69, 9.17) is 0 Å². The van der Waals surface area contributed by atoms with Gasteiger partial charge < -0.3 is 0 Å². The van der Waals surface area contributed by atoms with Crippen LogP contribution in [0.5, 0.6) is 0 Å². The monoisotopic (exact) mass is 291 g/mol. The Morgan fingerprint density at radius 2 is 1.60 bits per heavy atom. The molecular formula is C11H14BrF2Si. The highest BCUT2D eigenvalue weighted by molar-refractivity contribution is 9.10.